The molecule has 1 aromatic heterocycles. The lowest BCUT2D eigenvalue weighted by Gasteiger charge is -2.09. The zero-order chi connectivity index (χ0) is 12.7. The van der Waals surface area contributed by atoms with Crippen molar-refractivity contribution in [2.75, 3.05) is 11.9 Å². The first-order valence-corrected chi connectivity index (χ1v) is 6.38. The Labute approximate surface area is 109 Å². The Hall–Kier alpha value is -1.01. The van der Waals surface area contributed by atoms with Crippen LogP contribution in [0.5, 0.6) is 0 Å². The molecule has 1 atom stereocenters. The molecule has 1 rings (SSSR count). The number of aromatic nitrogens is 2. The van der Waals surface area contributed by atoms with Crippen LogP contribution in [0.3, 0.4) is 0 Å². The number of carbonyl (C=O) groups excluding carboxylic acids is 1. The van der Waals surface area contributed by atoms with Crippen molar-refractivity contribution in [2.45, 2.75) is 26.2 Å². The molecule has 17 heavy (non-hydrogen) atoms. The van der Waals surface area contributed by atoms with Crippen LogP contribution in [0.1, 0.15) is 26.2 Å². The van der Waals surface area contributed by atoms with Gasteiger partial charge in [0, 0.05) is 6.42 Å². The van der Waals surface area contributed by atoms with Crippen LogP contribution >= 0.6 is 15.9 Å². The van der Waals surface area contributed by atoms with E-state index in [9.17, 15) is 4.79 Å². The first-order chi connectivity index (χ1) is 8.11. The smallest absolute Gasteiger partial charge is 0.225 e. The van der Waals surface area contributed by atoms with Crippen molar-refractivity contribution in [2.24, 2.45) is 11.7 Å². The van der Waals surface area contributed by atoms with Crippen molar-refractivity contribution in [3.05, 3.63) is 17.0 Å². The largest absolute Gasteiger partial charge is 0.330 e. The van der Waals surface area contributed by atoms with Gasteiger partial charge in [-0.2, -0.15) is 0 Å². The number of hydrogen-bond acceptors (Lipinski definition) is 4. The monoisotopic (exact) mass is 300 g/mol. The van der Waals surface area contributed by atoms with Gasteiger partial charge in [-0.05, 0) is 41.2 Å². The molecule has 1 unspecified atom stereocenters. The Morgan fingerprint density at radius 1 is 1.47 bits per heavy atom. The Morgan fingerprint density at radius 3 is 2.82 bits per heavy atom. The third-order valence-electron chi connectivity index (χ3n) is 2.41. The van der Waals surface area contributed by atoms with Crippen LogP contribution in [0, 0.1) is 5.92 Å². The van der Waals surface area contributed by atoms with E-state index < -0.39 is 0 Å². The van der Waals surface area contributed by atoms with Crippen LogP contribution in [0.2, 0.25) is 0 Å². The fourth-order valence-electron chi connectivity index (χ4n) is 1.39. The average Bonchev–Trinajstić information content (AvgIpc) is 2.30. The summed E-state index contributed by atoms with van der Waals surface area (Å²) >= 11 is 3.18. The molecule has 0 spiro atoms. The molecule has 1 amide bonds. The predicted molar refractivity (Wildman–Crippen MR) is 70.4 cm³/mol. The summed E-state index contributed by atoms with van der Waals surface area (Å²) in [5.74, 6) is 0.914. The number of amides is 1. The maximum absolute atomic E-state index is 11.6. The van der Waals surface area contributed by atoms with E-state index in [0.717, 1.165) is 12.8 Å². The molecule has 5 nitrogen and oxygen atoms in total. The van der Waals surface area contributed by atoms with E-state index in [1.165, 1.54) is 6.20 Å². The Balaban J connectivity index is 2.32. The molecule has 0 aliphatic rings. The maximum Gasteiger partial charge on any atom is 0.225 e. The first kappa shape index (κ1) is 14.1. The molecule has 0 saturated heterocycles. The van der Waals surface area contributed by atoms with Gasteiger partial charge < -0.3 is 11.1 Å². The van der Waals surface area contributed by atoms with Gasteiger partial charge in [-0.3, -0.25) is 4.79 Å². The first-order valence-electron chi connectivity index (χ1n) is 5.59. The summed E-state index contributed by atoms with van der Waals surface area (Å²) in [6.45, 7) is 2.76. The van der Waals surface area contributed by atoms with E-state index in [1.807, 2.05) is 0 Å². The van der Waals surface area contributed by atoms with Crippen molar-refractivity contribution >= 4 is 27.7 Å². The van der Waals surface area contributed by atoms with Gasteiger partial charge in [-0.25, -0.2) is 9.97 Å². The highest BCUT2D eigenvalue weighted by molar-refractivity contribution is 9.10. The molecule has 1 heterocycles. The molecule has 0 bridgehead atoms. The van der Waals surface area contributed by atoms with E-state index in [0.29, 0.717) is 29.3 Å². The normalized spacial score (nSPS) is 12.2. The quantitative estimate of drug-likeness (QED) is 0.841. The van der Waals surface area contributed by atoms with Gasteiger partial charge >= 0.3 is 0 Å². The van der Waals surface area contributed by atoms with E-state index in [2.05, 4.69) is 38.1 Å². The summed E-state index contributed by atoms with van der Waals surface area (Å²) < 4.78 is 0.645. The van der Waals surface area contributed by atoms with Gasteiger partial charge in [-0.1, -0.05) is 6.92 Å². The van der Waals surface area contributed by atoms with Crippen LogP contribution in [0.4, 0.5) is 5.82 Å². The van der Waals surface area contributed by atoms with Gasteiger partial charge in [0.05, 0.1) is 12.4 Å². The number of halogens is 1. The topological polar surface area (TPSA) is 80.9 Å². The van der Waals surface area contributed by atoms with Gasteiger partial charge in [0.15, 0.2) is 5.82 Å². The van der Waals surface area contributed by atoms with Crippen LogP contribution in [0.25, 0.3) is 0 Å². The summed E-state index contributed by atoms with van der Waals surface area (Å²) in [4.78, 5) is 19.6. The van der Waals surface area contributed by atoms with E-state index >= 15 is 0 Å². The van der Waals surface area contributed by atoms with Crippen molar-refractivity contribution < 1.29 is 4.79 Å². The molecule has 1 aromatic rings. The molecule has 0 aliphatic carbocycles. The number of nitrogens with one attached hydrogen (secondary N) is 1. The Kier molecular flexibility index (Phi) is 6.07. The molecule has 0 fully saturated rings. The fourth-order valence-corrected chi connectivity index (χ4v) is 1.59. The minimum absolute atomic E-state index is 0.0366. The highest BCUT2D eigenvalue weighted by atomic mass is 79.9. The Bertz CT molecular complexity index is 355. The summed E-state index contributed by atoms with van der Waals surface area (Å²) in [5.41, 5.74) is 5.45. The summed E-state index contributed by atoms with van der Waals surface area (Å²) in [6.07, 6.45) is 5.34. The molecule has 3 N–H and O–H groups in total. The van der Waals surface area contributed by atoms with Gasteiger partial charge in [0.2, 0.25) is 5.91 Å². The van der Waals surface area contributed by atoms with E-state index in [1.54, 1.807) is 6.20 Å². The van der Waals surface area contributed by atoms with E-state index in [4.69, 9.17) is 5.73 Å². The molecule has 94 valence electrons. The van der Waals surface area contributed by atoms with Gasteiger partial charge in [0.25, 0.3) is 0 Å². The van der Waals surface area contributed by atoms with Crippen molar-refractivity contribution in [1.29, 1.82) is 0 Å². The number of nitrogens with zero attached hydrogens (tertiary/aromatic N) is 2. The minimum Gasteiger partial charge on any atom is -0.330 e. The van der Waals surface area contributed by atoms with Gasteiger partial charge in [0.1, 0.15) is 4.60 Å². The number of hydrogen-bond donors (Lipinski definition) is 2. The third-order valence-corrected chi connectivity index (χ3v) is 2.82. The zero-order valence-corrected chi connectivity index (χ0v) is 11.4. The fraction of sp³-hybridized carbons (Fsp3) is 0.545. The molecule has 0 aliphatic heterocycles. The third kappa shape index (κ3) is 5.74. The SMILES string of the molecule is CC(CCN)CCC(=O)Nc1cnc(Br)cn1. The van der Waals surface area contributed by atoms with Crippen molar-refractivity contribution in [1.82, 2.24) is 9.97 Å². The lowest BCUT2D eigenvalue weighted by atomic mass is 10.0. The van der Waals surface area contributed by atoms with Crippen LogP contribution in [-0.2, 0) is 4.79 Å². The number of carbonyl (C=O) groups is 1. The zero-order valence-electron chi connectivity index (χ0n) is 9.82. The molecule has 6 heteroatoms. The maximum atomic E-state index is 11.6. The molecular weight excluding hydrogens is 284 g/mol. The van der Waals surface area contributed by atoms with Crippen LogP contribution in [0.15, 0.2) is 17.0 Å². The second-order valence-corrected chi connectivity index (χ2v) is 4.81. The summed E-state index contributed by atoms with van der Waals surface area (Å²) in [6, 6.07) is 0. The molecule has 0 radical (unpaired) electrons. The minimum atomic E-state index is -0.0366. The lowest BCUT2D eigenvalue weighted by Crippen LogP contribution is -2.14. The second-order valence-electron chi connectivity index (χ2n) is 3.99. The summed E-state index contributed by atoms with van der Waals surface area (Å²) in [5, 5.41) is 2.70. The molecular formula is C11H17BrN4O. The number of nitrogens with two attached hydrogens (primary N) is 1. The Morgan fingerprint density at radius 2 is 2.24 bits per heavy atom. The van der Waals surface area contributed by atoms with Crippen molar-refractivity contribution in [3.63, 3.8) is 0 Å². The second kappa shape index (κ2) is 7.34. The van der Waals surface area contributed by atoms with Crippen molar-refractivity contribution in [3.8, 4) is 0 Å². The highest BCUT2D eigenvalue weighted by Crippen LogP contribution is 2.11. The van der Waals surface area contributed by atoms with Crippen LogP contribution in [-0.4, -0.2) is 22.4 Å². The number of anilines is 1. The molecule has 0 saturated carbocycles. The molecule has 0 aromatic carbocycles. The van der Waals surface area contributed by atoms with Crippen LogP contribution < -0.4 is 11.1 Å². The average molecular weight is 301 g/mol. The standard InChI is InChI=1S/C11H17BrN4O/c1-8(4-5-13)2-3-11(17)16-10-7-14-9(12)6-15-10/h6-8H,2-5,13H2,1H3,(H,15,16,17). The highest BCUT2D eigenvalue weighted by Gasteiger charge is 2.07. The predicted octanol–water partition coefficient (Wildman–Crippen LogP) is 1.94. The summed E-state index contributed by atoms with van der Waals surface area (Å²) in [7, 11) is 0. The number of rotatable bonds is 6. The van der Waals surface area contributed by atoms with Gasteiger partial charge in [-0.15, -0.1) is 0 Å². The van der Waals surface area contributed by atoms with E-state index in [-0.39, 0.29) is 5.91 Å². The lowest BCUT2D eigenvalue weighted by molar-refractivity contribution is -0.116.